The largest absolute Gasteiger partial charge is 0.477 e. The number of pyridine rings is 1. The van der Waals surface area contributed by atoms with Crippen LogP contribution in [-0.4, -0.2) is 27.2 Å². The number of nitro groups is 1. The number of benzene rings is 1. The number of aromatic nitrogens is 1. The van der Waals surface area contributed by atoms with Gasteiger partial charge >= 0.3 is 11.7 Å². The van der Waals surface area contributed by atoms with Gasteiger partial charge in [-0.15, -0.1) is 11.8 Å². The van der Waals surface area contributed by atoms with Crippen molar-refractivity contribution in [2.24, 2.45) is 0 Å². The third-order valence-electron chi connectivity index (χ3n) is 2.57. The predicted octanol–water partition coefficient (Wildman–Crippen LogP) is 3.20. The van der Waals surface area contributed by atoms with E-state index in [4.69, 9.17) is 9.84 Å². The minimum absolute atomic E-state index is 0.0144. The molecule has 0 bridgehead atoms. The van der Waals surface area contributed by atoms with E-state index in [9.17, 15) is 14.9 Å². The van der Waals surface area contributed by atoms with Crippen molar-refractivity contribution in [3.05, 3.63) is 52.2 Å². The molecule has 0 spiro atoms. The molecule has 0 saturated heterocycles. The average molecular weight is 306 g/mol. The number of carboxylic acids is 1. The van der Waals surface area contributed by atoms with E-state index in [-0.39, 0.29) is 5.88 Å². The summed E-state index contributed by atoms with van der Waals surface area (Å²) in [4.78, 5) is 25.6. The third-order valence-corrected chi connectivity index (χ3v) is 3.35. The van der Waals surface area contributed by atoms with E-state index < -0.39 is 22.1 Å². The third kappa shape index (κ3) is 3.29. The lowest BCUT2D eigenvalue weighted by molar-refractivity contribution is -0.385. The molecule has 1 aromatic carbocycles. The van der Waals surface area contributed by atoms with Crippen molar-refractivity contribution in [2.45, 2.75) is 4.90 Å². The molecule has 0 aliphatic carbocycles. The molecule has 1 heterocycles. The summed E-state index contributed by atoms with van der Waals surface area (Å²) in [5.74, 6) is -0.922. The molecule has 0 saturated carbocycles. The average Bonchev–Trinajstić information content (AvgIpc) is 2.47. The van der Waals surface area contributed by atoms with Gasteiger partial charge in [0.15, 0.2) is 0 Å². The van der Waals surface area contributed by atoms with Crippen molar-refractivity contribution in [3.63, 3.8) is 0 Å². The van der Waals surface area contributed by atoms with Crippen molar-refractivity contribution < 1.29 is 19.6 Å². The lowest BCUT2D eigenvalue weighted by Gasteiger charge is -2.08. The number of carbonyl (C=O) groups is 1. The Balaban J connectivity index is 2.39. The summed E-state index contributed by atoms with van der Waals surface area (Å²) in [6.45, 7) is 0. The molecule has 2 aromatic rings. The first-order valence-corrected chi connectivity index (χ1v) is 6.94. The molecule has 21 heavy (non-hydrogen) atoms. The number of carboxylic acid groups (broad SMARTS) is 1. The summed E-state index contributed by atoms with van der Waals surface area (Å²) in [6.07, 6.45) is 2.74. The fraction of sp³-hybridized carbons (Fsp3) is 0.0769. The second kappa shape index (κ2) is 6.23. The summed E-state index contributed by atoms with van der Waals surface area (Å²) >= 11 is 1.46. The highest BCUT2D eigenvalue weighted by molar-refractivity contribution is 7.98. The molecule has 8 heteroatoms. The van der Waals surface area contributed by atoms with Crippen LogP contribution in [0.15, 0.2) is 41.4 Å². The van der Waals surface area contributed by atoms with Crippen LogP contribution in [0.4, 0.5) is 5.69 Å². The predicted molar refractivity (Wildman–Crippen MR) is 76.1 cm³/mol. The lowest BCUT2D eigenvalue weighted by atomic mass is 10.2. The molecule has 0 aliphatic rings. The Hall–Kier alpha value is -2.61. The molecule has 1 N–H and O–H groups in total. The van der Waals surface area contributed by atoms with Gasteiger partial charge in [0.25, 0.3) is 0 Å². The molecule has 108 valence electrons. The molecule has 2 rings (SSSR count). The minimum atomic E-state index is -1.41. The molecule has 0 radical (unpaired) electrons. The summed E-state index contributed by atoms with van der Waals surface area (Å²) in [5, 5.41) is 19.8. The highest BCUT2D eigenvalue weighted by Crippen LogP contribution is 2.31. The number of para-hydroxylation sites is 1. The lowest BCUT2D eigenvalue weighted by Crippen LogP contribution is -2.04. The molecular weight excluding hydrogens is 296 g/mol. The number of thioether (sulfide) groups is 1. The maximum absolute atomic E-state index is 11.1. The first-order chi connectivity index (χ1) is 10.0. The van der Waals surface area contributed by atoms with Gasteiger partial charge in [-0.3, -0.25) is 10.1 Å². The number of nitrogens with zero attached hydrogens (tertiary/aromatic N) is 2. The Bertz CT molecular complexity index is 705. The quantitative estimate of drug-likeness (QED) is 0.514. The fourth-order valence-corrected chi connectivity index (χ4v) is 2.14. The van der Waals surface area contributed by atoms with Crippen LogP contribution < -0.4 is 4.74 Å². The van der Waals surface area contributed by atoms with Crippen LogP contribution in [-0.2, 0) is 0 Å². The van der Waals surface area contributed by atoms with Crippen molar-refractivity contribution in [1.82, 2.24) is 4.98 Å². The number of hydrogen-bond donors (Lipinski definition) is 1. The Morgan fingerprint density at radius 3 is 2.76 bits per heavy atom. The number of rotatable bonds is 5. The maximum atomic E-state index is 11.1. The first kappa shape index (κ1) is 14.8. The standard InChI is InChI=1S/C13H10N2O5S/c1-21-11-5-3-2-4-10(11)20-12-6-8(13(16)17)9(7-14-12)15(18)19/h2-7H,1H3,(H,16,17). The van der Waals surface area contributed by atoms with Crippen LogP contribution >= 0.6 is 11.8 Å². The summed E-state index contributed by atoms with van der Waals surface area (Å²) in [7, 11) is 0. The summed E-state index contributed by atoms with van der Waals surface area (Å²) in [5.41, 5.74) is -1.04. The van der Waals surface area contributed by atoms with Gasteiger partial charge in [0.2, 0.25) is 5.88 Å². The topological polar surface area (TPSA) is 103 Å². The van der Waals surface area contributed by atoms with E-state index in [1.807, 2.05) is 18.4 Å². The van der Waals surface area contributed by atoms with E-state index >= 15 is 0 Å². The van der Waals surface area contributed by atoms with Gasteiger partial charge in [-0.25, -0.2) is 9.78 Å². The molecular formula is C13H10N2O5S. The Labute approximate surface area is 123 Å². The Morgan fingerprint density at radius 1 is 1.43 bits per heavy atom. The van der Waals surface area contributed by atoms with Crippen molar-refractivity contribution in [1.29, 1.82) is 0 Å². The van der Waals surface area contributed by atoms with Crippen molar-refractivity contribution in [2.75, 3.05) is 6.26 Å². The minimum Gasteiger partial charge on any atom is -0.477 e. The molecule has 0 aliphatic heterocycles. The van der Waals surface area contributed by atoms with Crippen LogP contribution in [0.5, 0.6) is 11.6 Å². The highest BCUT2D eigenvalue weighted by atomic mass is 32.2. The van der Waals surface area contributed by atoms with Crippen LogP contribution in [0, 0.1) is 10.1 Å². The van der Waals surface area contributed by atoms with Gasteiger partial charge in [-0.1, -0.05) is 12.1 Å². The van der Waals surface area contributed by atoms with Crippen LogP contribution in [0.2, 0.25) is 0 Å². The van der Waals surface area contributed by atoms with E-state index in [0.717, 1.165) is 17.2 Å². The molecule has 1 aromatic heterocycles. The van der Waals surface area contributed by atoms with Crippen LogP contribution in [0.1, 0.15) is 10.4 Å². The van der Waals surface area contributed by atoms with E-state index in [0.29, 0.717) is 5.75 Å². The zero-order chi connectivity index (χ0) is 15.4. The second-order valence-corrected chi connectivity index (χ2v) is 4.70. The molecule has 0 amide bonds. The monoisotopic (exact) mass is 306 g/mol. The number of aromatic carboxylic acids is 1. The Morgan fingerprint density at radius 2 is 2.14 bits per heavy atom. The van der Waals surface area contributed by atoms with Crippen LogP contribution in [0.3, 0.4) is 0 Å². The van der Waals surface area contributed by atoms with E-state index in [1.54, 1.807) is 12.1 Å². The molecule has 0 fully saturated rings. The van der Waals surface area contributed by atoms with Crippen LogP contribution in [0.25, 0.3) is 0 Å². The second-order valence-electron chi connectivity index (χ2n) is 3.85. The van der Waals surface area contributed by atoms with Gasteiger partial charge in [0.05, 0.1) is 4.92 Å². The fourth-order valence-electron chi connectivity index (χ4n) is 1.62. The maximum Gasteiger partial charge on any atom is 0.342 e. The Kier molecular flexibility index (Phi) is 4.39. The van der Waals surface area contributed by atoms with Gasteiger partial charge in [-0.05, 0) is 18.4 Å². The van der Waals surface area contributed by atoms with E-state index in [2.05, 4.69) is 4.98 Å². The molecule has 0 unspecified atom stereocenters. The summed E-state index contributed by atoms with van der Waals surface area (Å²) in [6, 6.07) is 8.18. The molecule has 0 atom stereocenters. The van der Waals surface area contributed by atoms with Crippen molar-refractivity contribution >= 4 is 23.4 Å². The number of hydrogen-bond acceptors (Lipinski definition) is 6. The highest BCUT2D eigenvalue weighted by Gasteiger charge is 2.22. The summed E-state index contributed by atoms with van der Waals surface area (Å²) < 4.78 is 5.51. The number of ether oxygens (including phenoxy) is 1. The van der Waals surface area contributed by atoms with E-state index in [1.165, 1.54) is 11.8 Å². The van der Waals surface area contributed by atoms with Gasteiger partial charge < -0.3 is 9.84 Å². The normalized spacial score (nSPS) is 10.1. The SMILES string of the molecule is CSc1ccccc1Oc1cc(C(=O)O)c([N+](=O)[O-])cn1. The van der Waals surface area contributed by atoms with Gasteiger partial charge in [-0.2, -0.15) is 0 Å². The van der Waals surface area contributed by atoms with Crippen molar-refractivity contribution in [3.8, 4) is 11.6 Å². The van der Waals surface area contributed by atoms with Gasteiger partial charge in [0, 0.05) is 11.0 Å². The first-order valence-electron chi connectivity index (χ1n) is 5.71. The zero-order valence-electron chi connectivity index (χ0n) is 10.8. The molecule has 7 nitrogen and oxygen atoms in total. The smallest absolute Gasteiger partial charge is 0.342 e. The van der Waals surface area contributed by atoms with Gasteiger partial charge in [0.1, 0.15) is 17.5 Å². The zero-order valence-corrected chi connectivity index (χ0v) is 11.7.